The fourth-order valence-corrected chi connectivity index (χ4v) is 2.22. The second kappa shape index (κ2) is 4.22. The van der Waals surface area contributed by atoms with Gasteiger partial charge in [0, 0.05) is 6.54 Å². The Morgan fingerprint density at radius 2 is 2.29 bits per heavy atom. The van der Waals surface area contributed by atoms with E-state index in [1.54, 1.807) is 0 Å². The van der Waals surface area contributed by atoms with Crippen molar-refractivity contribution in [3.63, 3.8) is 0 Å². The summed E-state index contributed by atoms with van der Waals surface area (Å²) in [6, 6.07) is -0.698. The maximum atomic E-state index is 11.0. The number of aliphatic carboxylic acids is 1. The van der Waals surface area contributed by atoms with E-state index in [0.29, 0.717) is 0 Å². The van der Waals surface area contributed by atoms with Gasteiger partial charge in [0.1, 0.15) is 0 Å². The van der Waals surface area contributed by atoms with Crippen LogP contribution in [-0.4, -0.2) is 49.6 Å². The van der Waals surface area contributed by atoms with E-state index < -0.39 is 22.2 Å². The molecule has 0 aromatic rings. The van der Waals surface area contributed by atoms with Gasteiger partial charge in [0.05, 0.1) is 25.7 Å². The highest BCUT2D eigenvalue weighted by atomic mass is 32.2. The molecular weight excluding hydrogens is 212 g/mol. The lowest BCUT2D eigenvalue weighted by Crippen LogP contribution is -2.51. The van der Waals surface area contributed by atoms with Gasteiger partial charge in [-0.3, -0.25) is 4.79 Å². The second-order valence-corrected chi connectivity index (χ2v) is 4.48. The molecule has 0 aliphatic carbocycles. The fraction of sp³-hybridized carbons (Fsp3) is 0.833. The summed E-state index contributed by atoms with van der Waals surface area (Å²) >= 11 is 0. The third-order valence-electron chi connectivity index (χ3n) is 1.91. The van der Waals surface area contributed by atoms with Gasteiger partial charge in [0.25, 0.3) is 10.2 Å². The van der Waals surface area contributed by atoms with E-state index in [1.807, 2.05) is 0 Å². The largest absolute Gasteiger partial charge is 0.481 e. The molecule has 1 saturated heterocycles. The van der Waals surface area contributed by atoms with E-state index >= 15 is 0 Å². The molecule has 0 saturated carbocycles. The summed E-state index contributed by atoms with van der Waals surface area (Å²) in [7, 11) is -3.83. The topological polar surface area (TPSA) is 110 Å². The quantitative estimate of drug-likeness (QED) is 0.597. The van der Waals surface area contributed by atoms with Crippen LogP contribution in [0.2, 0.25) is 0 Å². The predicted octanol–water partition coefficient (Wildman–Crippen LogP) is -1.63. The van der Waals surface area contributed by atoms with Crippen molar-refractivity contribution in [3.8, 4) is 0 Å². The van der Waals surface area contributed by atoms with Crippen molar-refractivity contribution in [2.75, 3.05) is 19.8 Å². The highest BCUT2D eigenvalue weighted by molar-refractivity contribution is 7.86. The lowest BCUT2D eigenvalue weighted by atomic mass is 10.2. The molecule has 3 N–H and O–H groups in total. The molecule has 0 spiro atoms. The van der Waals surface area contributed by atoms with E-state index in [1.165, 1.54) is 0 Å². The van der Waals surface area contributed by atoms with Crippen LogP contribution in [0.25, 0.3) is 0 Å². The molecule has 0 bridgehead atoms. The monoisotopic (exact) mass is 224 g/mol. The molecule has 1 aliphatic heterocycles. The second-order valence-electron chi connectivity index (χ2n) is 2.98. The normalized spacial score (nSPS) is 24.8. The van der Waals surface area contributed by atoms with Crippen LogP contribution in [0, 0.1) is 0 Å². The molecule has 0 radical (unpaired) electrons. The van der Waals surface area contributed by atoms with Gasteiger partial charge >= 0.3 is 5.97 Å². The summed E-state index contributed by atoms with van der Waals surface area (Å²) < 4.78 is 28.0. The first kappa shape index (κ1) is 11.4. The summed E-state index contributed by atoms with van der Waals surface area (Å²) in [4.78, 5) is 10.4. The molecule has 1 unspecified atom stereocenters. The molecule has 8 heteroatoms. The third kappa shape index (κ3) is 2.91. The number of morpholine rings is 1. The number of carbonyl (C=O) groups is 1. The number of rotatable bonds is 3. The molecule has 1 aliphatic rings. The molecule has 1 heterocycles. The van der Waals surface area contributed by atoms with Gasteiger partial charge < -0.3 is 9.84 Å². The smallest absolute Gasteiger partial charge is 0.305 e. The van der Waals surface area contributed by atoms with E-state index in [0.717, 1.165) is 4.31 Å². The molecule has 1 atom stereocenters. The van der Waals surface area contributed by atoms with Gasteiger partial charge in [-0.2, -0.15) is 12.7 Å². The average Bonchev–Trinajstić information content (AvgIpc) is 2.01. The van der Waals surface area contributed by atoms with Crippen LogP contribution < -0.4 is 5.14 Å². The molecule has 82 valence electrons. The van der Waals surface area contributed by atoms with E-state index in [9.17, 15) is 13.2 Å². The summed E-state index contributed by atoms with van der Waals surface area (Å²) in [5.74, 6) is -1.07. The van der Waals surface area contributed by atoms with Crippen molar-refractivity contribution in [2.24, 2.45) is 5.14 Å². The van der Waals surface area contributed by atoms with Gasteiger partial charge in [-0.1, -0.05) is 0 Å². The Labute approximate surface area is 81.6 Å². The molecule has 0 aromatic heterocycles. The Morgan fingerprint density at radius 1 is 1.64 bits per heavy atom. The summed E-state index contributed by atoms with van der Waals surface area (Å²) in [6.07, 6.45) is -0.295. The van der Waals surface area contributed by atoms with Gasteiger partial charge in [-0.15, -0.1) is 0 Å². The van der Waals surface area contributed by atoms with E-state index in [4.69, 9.17) is 15.0 Å². The lowest BCUT2D eigenvalue weighted by molar-refractivity contribution is -0.139. The predicted molar refractivity (Wildman–Crippen MR) is 46.7 cm³/mol. The minimum absolute atomic E-state index is 0.0722. The van der Waals surface area contributed by atoms with Gasteiger partial charge in [-0.05, 0) is 0 Å². The minimum atomic E-state index is -3.83. The van der Waals surface area contributed by atoms with Gasteiger partial charge in [0.15, 0.2) is 0 Å². The molecule has 14 heavy (non-hydrogen) atoms. The van der Waals surface area contributed by atoms with Gasteiger partial charge in [-0.25, -0.2) is 5.14 Å². The van der Waals surface area contributed by atoms with Crippen molar-refractivity contribution in [2.45, 2.75) is 12.5 Å². The first-order chi connectivity index (χ1) is 6.41. The number of nitrogens with two attached hydrogens (primary N) is 1. The SMILES string of the molecule is NS(=O)(=O)N1CCOCC1CC(=O)O. The first-order valence-corrected chi connectivity index (χ1v) is 5.50. The number of carboxylic acids is 1. The average molecular weight is 224 g/mol. The number of nitrogens with zero attached hydrogens (tertiary/aromatic N) is 1. The van der Waals surface area contributed by atoms with Crippen molar-refractivity contribution >= 4 is 16.2 Å². The molecule has 0 amide bonds. The third-order valence-corrected chi connectivity index (χ3v) is 3.05. The minimum Gasteiger partial charge on any atom is -0.481 e. The summed E-state index contributed by atoms with van der Waals surface area (Å²) in [5.41, 5.74) is 0. The highest BCUT2D eigenvalue weighted by Gasteiger charge is 2.31. The Hall–Kier alpha value is -0.700. The zero-order chi connectivity index (χ0) is 10.8. The Balaban J connectivity index is 2.74. The standard InChI is InChI=1S/C6H12N2O5S/c7-14(11,12)8-1-2-13-4-5(8)3-6(9)10/h5H,1-4H2,(H,9,10)(H2,7,11,12). The Morgan fingerprint density at radius 3 is 2.79 bits per heavy atom. The summed E-state index contributed by atoms with van der Waals surface area (Å²) in [6.45, 7) is 0.423. The van der Waals surface area contributed by atoms with Crippen molar-refractivity contribution in [1.82, 2.24) is 4.31 Å². The number of carboxylic acid groups (broad SMARTS) is 1. The fourth-order valence-electron chi connectivity index (χ4n) is 1.34. The van der Waals surface area contributed by atoms with Crippen molar-refractivity contribution in [3.05, 3.63) is 0 Å². The van der Waals surface area contributed by atoms with Crippen LogP contribution in [0.15, 0.2) is 0 Å². The molecule has 0 aromatic carbocycles. The lowest BCUT2D eigenvalue weighted by Gasteiger charge is -2.31. The van der Waals surface area contributed by atoms with Crippen LogP contribution in [-0.2, 0) is 19.7 Å². The molecule has 1 fully saturated rings. The maximum Gasteiger partial charge on any atom is 0.305 e. The maximum absolute atomic E-state index is 11.0. The van der Waals surface area contributed by atoms with Crippen molar-refractivity contribution < 1.29 is 23.1 Å². The van der Waals surface area contributed by atoms with Crippen molar-refractivity contribution in [1.29, 1.82) is 0 Å². The Bertz CT molecular complexity index is 314. The van der Waals surface area contributed by atoms with Crippen LogP contribution in [0.3, 0.4) is 0 Å². The van der Waals surface area contributed by atoms with Crippen LogP contribution in [0.4, 0.5) is 0 Å². The van der Waals surface area contributed by atoms with Crippen LogP contribution in [0.1, 0.15) is 6.42 Å². The van der Waals surface area contributed by atoms with E-state index in [-0.39, 0.29) is 26.2 Å². The highest BCUT2D eigenvalue weighted by Crippen LogP contribution is 2.12. The molecule has 1 rings (SSSR count). The van der Waals surface area contributed by atoms with Crippen LogP contribution in [0.5, 0.6) is 0 Å². The number of ether oxygens (including phenoxy) is 1. The zero-order valence-corrected chi connectivity index (χ0v) is 8.24. The summed E-state index contributed by atoms with van der Waals surface area (Å²) in [5, 5.41) is 13.5. The first-order valence-electron chi connectivity index (χ1n) is 4.00. The zero-order valence-electron chi connectivity index (χ0n) is 7.42. The van der Waals surface area contributed by atoms with Gasteiger partial charge in [0.2, 0.25) is 0 Å². The molecular formula is C6H12N2O5S. The van der Waals surface area contributed by atoms with Crippen LogP contribution >= 0.6 is 0 Å². The van der Waals surface area contributed by atoms with E-state index in [2.05, 4.69) is 0 Å². The number of hydrogen-bond acceptors (Lipinski definition) is 4. The molecule has 7 nitrogen and oxygen atoms in total. The Kier molecular flexibility index (Phi) is 3.43. The number of hydrogen-bond donors (Lipinski definition) is 2.